The zero-order chi connectivity index (χ0) is 26.2. The molecule has 0 spiro atoms. The molecule has 0 N–H and O–H groups in total. The lowest BCUT2D eigenvalue weighted by Crippen LogP contribution is -1.97. The molecule has 7 aromatic carbocycles. The van der Waals surface area contributed by atoms with E-state index in [9.17, 15) is 0 Å². The average Bonchev–Trinajstić information content (AvgIpc) is 3.36. The highest BCUT2D eigenvalue weighted by atomic mass is 16.5. The van der Waals surface area contributed by atoms with Crippen molar-refractivity contribution in [2.75, 3.05) is 0 Å². The normalized spacial score (nSPS) is 12.2. The highest BCUT2D eigenvalue weighted by Crippen LogP contribution is 2.48. The van der Waals surface area contributed by atoms with Crippen LogP contribution < -0.4 is 4.74 Å². The van der Waals surface area contributed by atoms with Gasteiger partial charge >= 0.3 is 0 Å². The lowest BCUT2D eigenvalue weighted by molar-refractivity contribution is 0.487. The van der Waals surface area contributed by atoms with Gasteiger partial charge in [-0.15, -0.1) is 0 Å². The first-order valence-electron chi connectivity index (χ1n) is 13.7. The number of nitrogens with zero attached hydrogens (tertiary/aromatic N) is 1. The molecule has 2 heteroatoms. The van der Waals surface area contributed by atoms with E-state index < -0.39 is 0 Å². The fourth-order valence-corrected chi connectivity index (χ4v) is 6.59. The van der Waals surface area contributed by atoms with Gasteiger partial charge in [0.15, 0.2) is 0 Å². The van der Waals surface area contributed by atoms with Crippen LogP contribution in [-0.4, -0.2) is 4.57 Å². The van der Waals surface area contributed by atoms with Crippen LogP contribution in [0.5, 0.6) is 11.5 Å². The second-order valence-electron chi connectivity index (χ2n) is 10.6. The minimum atomic E-state index is 0.903. The lowest BCUT2D eigenvalue weighted by Gasteiger charge is -2.22. The fraction of sp³-hybridized carbons (Fsp3) is 0. The molecule has 0 saturated carbocycles. The van der Waals surface area contributed by atoms with Gasteiger partial charge in [0.25, 0.3) is 0 Å². The Balaban J connectivity index is 1.31. The van der Waals surface area contributed by atoms with Gasteiger partial charge in [-0.25, -0.2) is 0 Å². The van der Waals surface area contributed by atoms with Crippen molar-refractivity contribution in [3.8, 4) is 39.4 Å². The highest BCUT2D eigenvalue weighted by Gasteiger charge is 2.22. The van der Waals surface area contributed by atoms with Gasteiger partial charge < -0.3 is 9.30 Å². The minimum absolute atomic E-state index is 0.903. The number of benzene rings is 7. The van der Waals surface area contributed by atoms with Crippen LogP contribution >= 0.6 is 0 Å². The zero-order valence-corrected chi connectivity index (χ0v) is 21.6. The molecule has 8 aromatic rings. The molecule has 9 rings (SSSR count). The van der Waals surface area contributed by atoms with Crippen molar-refractivity contribution in [3.05, 3.63) is 140 Å². The SMILES string of the molecule is c1ccc2cc(-n3c4ccccc4c4c(-c5ccc6c(c5)-c5cccc7cccc(c57)O6)cccc43)ccc2c1. The first-order valence-corrected chi connectivity index (χ1v) is 13.7. The van der Waals surface area contributed by atoms with Crippen LogP contribution in [0.15, 0.2) is 140 Å². The summed E-state index contributed by atoms with van der Waals surface area (Å²) in [6.07, 6.45) is 0. The third-order valence-electron chi connectivity index (χ3n) is 8.36. The fourth-order valence-electron chi connectivity index (χ4n) is 6.59. The summed E-state index contributed by atoms with van der Waals surface area (Å²) in [4.78, 5) is 0. The largest absolute Gasteiger partial charge is 0.456 e. The van der Waals surface area contributed by atoms with Gasteiger partial charge in [-0.05, 0) is 75.3 Å². The van der Waals surface area contributed by atoms with Crippen molar-refractivity contribution in [3.63, 3.8) is 0 Å². The maximum atomic E-state index is 6.39. The van der Waals surface area contributed by atoms with Crippen LogP contribution in [0, 0.1) is 0 Å². The molecule has 1 aliphatic rings. The van der Waals surface area contributed by atoms with Crippen LogP contribution in [0.4, 0.5) is 0 Å². The number of hydrogen-bond acceptors (Lipinski definition) is 1. The Morgan fingerprint density at radius 3 is 2.12 bits per heavy atom. The molecule has 186 valence electrons. The molecule has 0 amide bonds. The maximum Gasteiger partial charge on any atom is 0.135 e. The number of aromatic nitrogens is 1. The standard InChI is InChI=1S/C38H23NO/c1-2-9-26-22-28(20-18-24(26)8-1)39-33-15-4-3-12-31(33)38-29(13-7-16-34(38)39)27-19-21-35-32(23-27)30-14-5-10-25-11-6-17-36(40-35)37(25)30/h1-23H. The smallest absolute Gasteiger partial charge is 0.135 e. The van der Waals surface area contributed by atoms with E-state index in [0.29, 0.717) is 0 Å². The van der Waals surface area contributed by atoms with Gasteiger partial charge in [0, 0.05) is 27.4 Å². The molecule has 0 atom stereocenters. The molecule has 2 heterocycles. The Bertz CT molecular complexity index is 2300. The second-order valence-corrected chi connectivity index (χ2v) is 10.6. The molecule has 1 aromatic heterocycles. The van der Waals surface area contributed by atoms with E-state index in [2.05, 4.69) is 144 Å². The maximum absolute atomic E-state index is 6.39. The Hall–Kier alpha value is -5.34. The number of ether oxygens (including phenoxy) is 1. The van der Waals surface area contributed by atoms with Gasteiger partial charge in [-0.1, -0.05) is 97.1 Å². The van der Waals surface area contributed by atoms with Gasteiger partial charge in [-0.2, -0.15) is 0 Å². The first kappa shape index (κ1) is 21.6. The third-order valence-corrected chi connectivity index (χ3v) is 8.36. The number of hydrogen-bond donors (Lipinski definition) is 0. The van der Waals surface area contributed by atoms with E-state index >= 15 is 0 Å². The van der Waals surface area contributed by atoms with Gasteiger partial charge in [0.05, 0.1) is 11.0 Å². The van der Waals surface area contributed by atoms with E-state index in [-0.39, 0.29) is 0 Å². The molecule has 0 aliphatic carbocycles. The van der Waals surface area contributed by atoms with Gasteiger partial charge in [0.1, 0.15) is 11.5 Å². The van der Waals surface area contributed by atoms with Crippen LogP contribution in [0.25, 0.3) is 71.3 Å². The van der Waals surface area contributed by atoms with Crippen LogP contribution in [0.1, 0.15) is 0 Å². The average molecular weight is 510 g/mol. The monoisotopic (exact) mass is 509 g/mol. The van der Waals surface area contributed by atoms with Crippen molar-refractivity contribution in [1.29, 1.82) is 0 Å². The van der Waals surface area contributed by atoms with E-state index in [1.54, 1.807) is 0 Å². The highest BCUT2D eigenvalue weighted by molar-refractivity contribution is 6.16. The molecule has 0 unspecified atom stereocenters. The molecular formula is C38H23NO. The number of para-hydroxylation sites is 1. The second kappa shape index (κ2) is 8.08. The molecule has 0 bridgehead atoms. The van der Waals surface area contributed by atoms with Crippen molar-refractivity contribution >= 4 is 43.4 Å². The quantitative estimate of drug-likeness (QED) is 0.226. The minimum Gasteiger partial charge on any atom is -0.456 e. The molecule has 2 nitrogen and oxygen atoms in total. The van der Waals surface area contributed by atoms with E-state index in [4.69, 9.17) is 4.74 Å². The number of rotatable bonds is 2. The van der Waals surface area contributed by atoms with Crippen molar-refractivity contribution in [2.45, 2.75) is 0 Å². The summed E-state index contributed by atoms with van der Waals surface area (Å²) in [5, 5.41) is 7.39. The van der Waals surface area contributed by atoms with Gasteiger partial charge in [0.2, 0.25) is 0 Å². The topological polar surface area (TPSA) is 14.2 Å². The summed E-state index contributed by atoms with van der Waals surface area (Å²) < 4.78 is 8.79. The lowest BCUT2D eigenvalue weighted by atomic mass is 9.91. The van der Waals surface area contributed by atoms with Gasteiger partial charge in [-0.3, -0.25) is 0 Å². The third kappa shape index (κ3) is 2.99. The van der Waals surface area contributed by atoms with E-state index in [1.165, 1.54) is 65.7 Å². The predicted molar refractivity (Wildman–Crippen MR) is 167 cm³/mol. The predicted octanol–water partition coefficient (Wildman–Crippen LogP) is 10.5. The molecular weight excluding hydrogens is 486 g/mol. The Kier molecular flexibility index (Phi) is 4.36. The zero-order valence-electron chi connectivity index (χ0n) is 21.6. The van der Waals surface area contributed by atoms with E-state index in [0.717, 1.165) is 17.1 Å². The van der Waals surface area contributed by atoms with Crippen molar-refractivity contribution < 1.29 is 4.74 Å². The summed E-state index contributed by atoms with van der Waals surface area (Å²) >= 11 is 0. The molecule has 0 saturated heterocycles. The Morgan fingerprint density at radius 1 is 0.425 bits per heavy atom. The summed E-state index contributed by atoms with van der Waals surface area (Å²) in [5.41, 5.74) is 8.35. The number of fused-ring (bicyclic) bond motifs is 6. The molecule has 0 radical (unpaired) electrons. The first-order chi connectivity index (χ1) is 19.8. The molecule has 40 heavy (non-hydrogen) atoms. The van der Waals surface area contributed by atoms with Crippen LogP contribution in [0.3, 0.4) is 0 Å². The molecule has 0 fully saturated rings. The van der Waals surface area contributed by atoms with E-state index in [1.807, 2.05) is 0 Å². The molecule has 1 aliphatic heterocycles. The summed E-state index contributed by atoms with van der Waals surface area (Å²) in [6.45, 7) is 0. The van der Waals surface area contributed by atoms with Crippen LogP contribution in [0.2, 0.25) is 0 Å². The van der Waals surface area contributed by atoms with Crippen molar-refractivity contribution in [2.24, 2.45) is 0 Å². The Morgan fingerprint density at radius 2 is 1.18 bits per heavy atom. The van der Waals surface area contributed by atoms with Crippen molar-refractivity contribution in [1.82, 2.24) is 4.57 Å². The Labute approximate surface area is 231 Å². The summed E-state index contributed by atoms with van der Waals surface area (Å²) in [6, 6.07) is 50.1. The summed E-state index contributed by atoms with van der Waals surface area (Å²) in [5.74, 6) is 1.83. The van der Waals surface area contributed by atoms with Crippen LogP contribution in [-0.2, 0) is 0 Å². The summed E-state index contributed by atoms with van der Waals surface area (Å²) in [7, 11) is 0.